The SMILES string of the molecule is CN(C)C(=O)c1c(Cl)nc(SCc2cccc(F)c2F)nc1N[C@H](O)CO[Si](C)(C)C(C)(C)C. The fourth-order valence-corrected chi connectivity index (χ4v) is 4.63. The normalized spacial score (nSPS) is 13.0. The number of nitrogens with zero attached hydrogens (tertiary/aromatic N) is 3. The van der Waals surface area contributed by atoms with Crippen molar-refractivity contribution in [1.29, 1.82) is 0 Å². The zero-order valence-corrected chi connectivity index (χ0v) is 22.9. The Morgan fingerprint density at radius 2 is 1.94 bits per heavy atom. The number of nitrogens with one attached hydrogen (secondary N) is 1. The summed E-state index contributed by atoms with van der Waals surface area (Å²) < 4.78 is 33.5. The number of aliphatic hydroxyl groups excluding tert-OH is 1. The summed E-state index contributed by atoms with van der Waals surface area (Å²) in [5, 5.41) is 13.3. The lowest BCUT2D eigenvalue weighted by Crippen LogP contribution is -2.43. The molecule has 188 valence electrons. The Morgan fingerprint density at radius 1 is 1.29 bits per heavy atom. The average molecular weight is 533 g/mol. The molecule has 0 bridgehead atoms. The van der Waals surface area contributed by atoms with Crippen LogP contribution >= 0.6 is 23.4 Å². The monoisotopic (exact) mass is 532 g/mol. The first-order valence-electron chi connectivity index (χ1n) is 10.6. The molecular formula is C22H31ClF2N4O3SSi. The lowest BCUT2D eigenvalue weighted by Gasteiger charge is -2.36. The highest BCUT2D eigenvalue weighted by molar-refractivity contribution is 7.98. The van der Waals surface area contributed by atoms with Crippen molar-refractivity contribution >= 4 is 43.4 Å². The molecule has 0 spiro atoms. The van der Waals surface area contributed by atoms with Crippen LogP contribution in [0.4, 0.5) is 14.6 Å². The second-order valence-corrected chi connectivity index (χ2v) is 15.6. The molecule has 0 radical (unpaired) electrons. The molecule has 2 rings (SSSR count). The Bertz CT molecular complexity index is 1040. The Kier molecular flexibility index (Phi) is 9.45. The van der Waals surface area contributed by atoms with E-state index in [9.17, 15) is 18.7 Å². The van der Waals surface area contributed by atoms with E-state index >= 15 is 0 Å². The lowest BCUT2D eigenvalue weighted by molar-refractivity contribution is 0.0826. The highest BCUT2D eigenvalue weighted by Crippen LogP contribution is 2.36. The number of carbonyl (C=O) groups excluding carboxylic acids is 1. The van der Waals surface area contributed by atoms with Crippen LogP contribution in [0.1, 0.15) is 36.7 Å². The van der Waals surface area contributed by atoms with Gasteiger partial charge in [-0.05, 0) is 24.2 Å². The minimum absolute atomic E-state index is 0.0145. The Balaban J connectivity index is 2.29. The molecule has 1 aromatic heterocycles. The average Bonchev–Trinajstić information content (AvgIpc) is 2.72. The summed E-state index contributed by atoms with van der Waals surface area (Å²) in [5.74, 6) is -2.30. The van der Waals surface area contributed by atoms with Gasteiger partial charge in [0.05, 0.1) is 6.61 Å². The van der Waals surface area contributed by atoms with E-state index in [0.29, 0.717) is 0 Å². The predicted molar refractivity (Wildman–Crippen MR) is 134 cm³/mol. The molecule has 2 aromatic rings. The number of rotatable bonds is 9. The lowest BCUT2D eigenvalue weighted by atomic mass is 10.2. The standard InChI is InChI=1S/C22H31ClF2N4O3SSi/c1-22(2,3)34(6,7)32-11-15(30)26-19-16(20(31)29(4)5)18(23)27-21(28-19)33-12-13-9-8-10-14(24)17(13)25/h8-10,15,30H,11-12H2,1-7H3,(H,26,27,28)/t15-/m1/s1. The van der Waals surface area contributed by atoms with Crippen molar-refractivity contribution in [1.82, 2.24) is 14.9 Å². The first kappa shape index (κ1) is 28.4. The van der Waals surface area contributed by atoms with Crippen LogP contribution in [0.3, 0.4) is 0 Å². The number of carbonyl (C=O) groups is 1. The quantitative estimate of drug-likeness (QED) is 0.152. The van der Waals surface area contributed by atoms with Crippen LogP contribution in [-0.2, 0) is 10.2 Å². The Labute approximate surface area is 209 Å². The predicted octanol–water partition coefficient (Wildman–Crippen LogP) is 5.15. The first-order chi connectivity index (χ1) is 15.6. The van der Waals surface area contributed by atoms with E-state index in [2.05, 4.69) is 49.1 Å². The number of hydrogen-bond donors (Lipinski definition) is 2. The summed E-state index contributed by atoms with van der Waals surface area (Å²) in [6.45, 7) is 10.3. The highest BCUT2D eigenvalue weighted by atomic mass is 35.5. The zero-order chi connectivity index (χ0) is 25.8. The van der Waals surface area contributed by atoms with Gasteiger partial charge in [0.25, 0.3) is 5.91 Å². The molecule has 0 saturated heterocycles. The molecule has 12 heteroatoms. The van der Waals surface area contributed by atoms with Crippen molar-refractivity contribution in [2.75, 3.05) is 26.0 Å². The molecule has 1 amide bonds. The van der Waals surface area contributed by atoms with Crippen LogP contribution in [0.5, 0.6) is 0 Å². The van der Waals surface area contributed by atoms with Crippen molar-refractivity contribution in [3.8, 4) is 0 Å². The maximum Gasteiger partial charge on any atom is 0.260 e. The summed E-state index contributed by atoms with van der Waals surface area (Å²) in [6.07, 6.45) is -1.17. The van der Waals surface area contributed by atoms with Gasteiger partial charge in [-0.15, -0.1) is 0 Å². The summed E-state index contributed by atoms with van der Waals surface area (Å²) in [4.78, 5) is 22.5. The van der Waals surface area contributed by atoms with Crippen LogP contribution in [0.2, 0.25) is 23.3 Å². The number of hydrogen-bond acceptors (Lipinski definition) is 7. The Hall–Kier alpha value is -1.79. The highest BCUT2D eigenvalue weighted by Gasteiger charge is 2.37. The number of halogens is 3. The van der Waals surface area contributed by atoms with Gasteiger partial charge in [0, 0.05) is 25.4 Å². The zero-order valence-electron chi connectivity index (χ0n) is 20.4. The molecule has 0 aliphatic rings. The largest absolute Gasteiger partial charge is 0.412 e. The molecule has 0 fully saturated rings. The van der Waals surface area contributed by atoms with Gasteiger partial charge < -0.3 is 19.7 Å². The number of thioether (sulfide) groups is 1. The van der Waals surface area contributed by atoms with E-state index in [1.165, 1.54) is 17.0 Å². The van der Waals surface area contributed by atoms with Crippen molar-refractivity contribution in [3.63, 3.8) is 0 Å². The van der Waals surface area contributed by atoms with E-state index in [0.717, 1.165) is 17.8 Å². The maximum atomic E-state index is 14.0. The minimum atomic E-state index is -2.12. The molecule has 1 atom stereocenters. The number of benzene rings is 1. The smallest absolute Gasteiger partial charge is 0.260 e. The van der Waals surface area contributed by atoms with Crippen LogP contribution in [0, 0.1) is 11.6 Å². The van der Waals surface area contributed by atoms with Crippen molar-refractivity contribution in [2.24, 2.45) is 0 Å². The number of anilines is 1. The van der Waals surface area contributed by atoms with Crippen molar-refractivity contribution < 1.29 is 23.1 Å². The minimum Gasteiger partial charge on any atom is -0.412 e. The summed E-state index contributed by atoms with van der Waals surface area (Å²) in [7, 11) is 0.976. The third kappa shape index (κ3) is 7.11. The molecule has 0 aliphatic carbocycles. The molecule has 1 heterocycles. The van der Waals surface area contributed by atoms with Gasteiger partial charge in [0.15, 0.2) is 25.1 Å². The number of aromatic nitrogens is 2. The third-order valence-electron chi connectivity index (χ3n) is 5.56. The van der Waals surface area contributed by atoms with Crippen LogP contribution in [0.25, 0.3) is 0 Å². The van der Waals surface area contributed by atoms with E-state index in [4.69, 9.17) is 16.0 Å². The fraction of sp³-hybridized carbons (Fsp3) is 0.500. The van der Waals surface area contributed by atoms with Gasteiger partial charge >= 0.3 is 0 Å². The van der Waals surface area contributed by atoms with Gasteiger partial charge in [-0.25, -0.2) is 18.7 Å². The van der Waals surface area contributed by atoms with Crippen LogP contribution in [0.15, 0.2) is 23.4 Å². The number of amides is 1. The van der Waals surface area contributed by atoms with Crippen LogP contribution in [-0.4, -0.2) is 61.1 Å². The summed E-state index contributed by atoms with van der Waals surface area (Å²) in [5.41, 5.74) is 0.120. The van der Waals surface area contributed by atoms with E-state index in [1.807, 2.05) is 0 Å². The molecule has 0 saturated carbocycles. The molecule has 34 heavy (non-hydrogen) atoms. The van der Waals surface area contributed by atoms with Crippen LogP contribution < -0.4 is 5.32 Å². The topological polar surface area (TPSA) is 87.6 Å². The molecule has 2 N–H and O–H groups in total. The van der Waals surface area contributed by atoms with Crippen molar-refractivity contribution in [2.45, 2.75) is 56.0 Å². The summed E-state index contributed by atoms with van der Waals surface area (Å²) >= 11 is 7.33. The van der Waals surface area contributed by atoms with E-state index < -0.39 is 32.1 Å². The number of aliphatic hydroxyl groups is 1. The molecule has 7 nitrogen and oxygen atoms in total. The Morgan fingerprint density at radius 3 is 2.53 bits per heavy atom. The summed E-state index contributed by atoms with van der Waals surface area (Å²) in [6, 6.07) is 3.90. The van der Waals surface area contributed by atoms with Gasteiger partial charge in [-0.1, -0.05) is 56.3 Å². The van der Waals surface area contributed by atoms with E-state index in [1.54, 1.807) is 14.1 Å². The van der Waals surface area contributed by atoms with Gasteiger partial charge in [-0.3, -0.25) is 4.79 Å². The third-order valence-corrected chi connectivity index (χ3v) is 11.2. The molecule has 0 aliphatic heterocycles. The van der Waals surface area contributed by atoms with Crippen molar-refractivity contribution in [3.05, 3.63) is 46.1 Å². The van der Waals surface area contributed by atoms with Gasteiger partial charge in [0.2, 0.25) is 0 Å². The van der Waals surface area contributed by atoms with E-state index in [-0.39, 0.29) is 44.7 Å². The second-order valence-electron chi connectivity index (χ2n) is 9.45. The fourth-order valence-electron chi connectivity index (χ4n) is 2.50. The molecule has 0 unspecified atom stereocenters. The second kappa shape index (κ2) is 11.3. The van der Waals surface area contributed by atoms with Gasteiger partial charge in [-0.2, -0.15) is 0 Å². The first-order valence-corrected chi connectivity index (χ1v) is 14.8. The van der Waals surface area contributed by atoms with Gasteiger partial charge in [0.1, 0.15) is 22.8 Å². The maximum absolute atomic E-state index is 14.0. The molecule has 1 aromatic carbocycles. The molecular weight excluding hydrogens is 502 g/mol.